The summed E-state index contributed by atoms with van der Waals surface area (Å²) in [5, 5.41) is 8.89. The zero-order valence-corrected chi connectivity index (χ0v) is 7.39. The van der Waals surface area contributed by atoms with Crippen molar-refractivity contribution >= 4 is 0 Å². The fraction of sp³-hybridized carbons (Fsp3) is 0.889. The Labute approximate surface area is 68.0 Å². The number of aliphatic hydroxyl groups is 1. The van der Waals surface area contributed by atoms with Gasteiger partial charge in [0.15, 0.2) is 0 Å². The third-order valence-electron chi connectivity index (χ3n) is 2.79. The van der Waals surface area contributed by atoms with E-state index in [4.69, 9.17) is 11.7 Å². The van der Waals surface area contributed by atoms with E-state index < -0.39 is 0 Å². The van der Waals surface area contributed by atoms with E-state index in [1.807, 2.05) is 0 Å². The van der Waals surface area contributed by atoms with E-state index in [0.717, 1.165) is 6.42 Å². The Morgan fingerprint density at radius 2 is 2.18 bits per heavy atom. The van der Waals surface area contributed by atoms with Gasteiger partial charge in [0.1, 0.15) is 0 Å². The molecule has 0 spiro atoms. The van der Waals surface area contributed by atoms with Crippen molar-refractivity contribution in [3.63, 3.8) is 0 Å². The molecule has 1 N–H and O–H groups in total. The van der Waals surface area contributed by atoms with E-state index in [0.29, 0.717) is 0 Å². The molecule has 0 radical (unpaired) electrons. The fourth-order valence-corrected chi connectivity index (χ4v) is 1.76. The van der Waals surface area contributed by atoms with Crippen molar-refractivity contribution in [3.8, 4) is 0 Å². The maximum absolute atomic E-state index is 8.89. The van der Waals surface area contributed by atoms with Crippen molar-refractivity contribution in [2.24, 2.45) is 11.3 Å². The summed E-state index contributed by atoms with van der Waals surface area (Å²) in [7, 11) is 0. The molecule has 0 saturated heterocycles. The molecule has 2 nitrogen and oxygen atoms in total. The standard InChI is InChI=1S/C9H15NO/c1-8(2,3)9(10-4)5-7(9)6-11/h7,11H,5-6H2,1-3H3. The lowest BCUT2D eigenvalue weighted by molar-refractivity contribution is 0.236. The Balaban J connectivity index is 2.77. The van der Waals surface area contributed by atoms with Crippen LogP contribution in [0.15, 0.2) is 0 Å². The largest absolute Gasteiger partial charge is 0.396 e. The average molecular weight is 153 g/mol. The maximum Gasteiger partial charge on any atom is 0.243 e. The SMILES string of the molecule is [C-]#[N+]C1(C(C)(C)C)CC1CO. The number of hydrogen-bond donors (Lipinski definition) is 1. The number of aliphatic hydroxyl groups excluding tert-OH is 1. The van der Waals surface area contributed by atoms with E-state index >= 15 is 0 Å². The molecule has 0 aliphatic heterocycles. The number of rotatable bonds is 1. The summed E-state index contributed by atoms with van der Waals surface area (Å²) in [6.45, 7) is 13.4. The first-order valence-corrected chi connectivity index (χ1v) is 3.97. The van der Waals surface area contributed by atoms with Gasteiger partial charge in [-0.05, 0) is 0 Å². The summed E-state index contributed by atoms with van der Waals surface area (Å²) in [6, 6.07) is 0. The molecule has 62 valence electrons. The van der Waals surface area contributed by atoms with Crippen molar-refractivity contribution in [2.45, 2.75) is 32.7 Å². The van der Waals surface area contributed by atoms with Gasteiger partial charge in [0.2, 0.25) is 5.54 Å². The van der Waals surface area contributed by atoms with E-state index in [2.05, 4.69) is 25.6 Å². The van der Waals surface area contributed by atoms with Crippen LogP contribution in [0, 0.1) is 17.9 Å². The first kappa shape index (κ1) is 8.55. The van der Waals surface area contributed by atoms with Gasteiger partial charge in [0.05, 0.1) is 12.5 Å². The van der Waals surface area contributed by atoms with Gasteiger partial charge in [0, 0.05) is 11.8 Å². The highest BCUT2D eigenvalue weighted by Gasteiger charge is 2.68. The predicted octanol–water partition coefficient (Wildman–Crippen LogP) is 1.70. The van der Waals surface area contributed by atoms with Crippen LogP contribution in [-0.4, -0.2) is 17.3 Å². The van der Waals surface area contributed by atoms with E-state index in [-0.39, 0.29) is 23.5 Å². The molecule has 1 aliphatic carbocycles. The molecule has 0 aromatic rings. The molecule has 2 atom stereocenters. The highest BCUT2D eigenvalue weighted by Crippen LogP contribution is 2.57. The molecule has 2 heteroatoms. The van der Waals surface area contributed by atoms with Crippen molar-refractivity contribution in [1.82, 2.24) is 0 Å². The molecular weight excluding hydrogens is 138 g/mol. The molecular formula is C9H15NO. The summed E-state index contributed by atoms with van der Waals surface area (Å²) in [4.78, 5) is 3.65. The Morgan fingerprint density at radius 1 is 1.64 bits per heavy atom. The third-order valence-corrected chi connectivity index (χ3v) is 2.79. The van der Waals surface area contributed by atoms with Crippen LogP contribution in [0.5, 0.6) is 0 Å². The summed E-state index contributed by atoms with van der Waals surface area (Å²) >= 11 is 0. The normalized spacial score (nSPS) is 36.5. The first-order valence-electron chi connectivity index (χ1n) is 3.97. The van der Waals surface area contributed by atoms with Gasteiger partial charge in [-0.2, -0.15) is 0 Å². The minimum Gasteiger partial charge on any atom is -0.396 e. The topological polar surface area (TPSA) is 24.6 Å². The Hall–Kier alpha value is -0.550. The summed E-state index contributed by atoms with van der Waals surface area (Å²) in [6.07, 6.45) is 0.872. The van der Waals surface area contributed by atoms with Gasteiger partial charge in [-0.15, -0.1) is 0 Å². The van der Waals surface area contributed by atoms with Gasteiger partial charge in [-0.1, -0.05) is 20.8 Å². The van der Waals surface area contributed by atoms with Crippen molar-refractivity contribution in [3.05, 3.63) is 11.4 Å². The second-order valence-corrected chi connectivity index (χ2v) is 4.37. The average Bonchev–Trinajstić information content (AvgIpc) is 2.60. The van der Waals surface area contributed by atoms with Gasteiger partial charge in [0.25, 0.3) is 0 Å². The highest BCUT2D eigenvalue weighted by atomic mass is 16.3. The lowest BCUT2D eigenvalue weighted by Gasteiger charge is -2.20. The zero-order chi connectivity index (χ0) is 8.70. The third kappa shape index (κ3) is 1.04. The Kier molecular flexibility index (Phi) is 1.72. The molecule has 1 saturated carbocycles. The van der Waals surface area contributed by atoms with Crippen LogP contribution in [0.2, 0.25) is 0 Å². The minimum absolute atomic E-state index is 0.0160. The lowest BCUT2D eigenvalue weighted by atomic mass is 9.83. The molecule has 0 bridgehead atoms. The van der Waals surface area contributed by atoms with Crippen LogP contribution < -0.4 is 0 Å². The predicted molar refractivity (Wildman–Crippen MR) is 44.0 cm³/mol. The molecule has 0 amide bonds. The molecule has 1 rings (SSSR count). The second kappa shape index (κ2) is 2.22. The monoisotopic (exact) mass is 153 g/mol. The van der Waals surface area contributed by atoms with Crippen LogP contribution in [-0.2, 0) is 0 Å². The van der Waals surface area contributed by atoms with Gasteiger partial charge in [-0.3, -0.25) is 0 Å². The quantitative estimate of drug-likeness (QED) is 0.570. The minimum atomic E-state index is -0.262. The van der Waals surface area contributed by atoms with Crippen LogP contribution in [0.4, 0.5) is 0 Å². The first-order chi connectivity index (χ1) is 4.98. The smallest absolute Gasteiger partial charge is 0.243 e. The van der Waals surface area contributed by atoms with E-state index in [1.165, 1.54) is 0 Å². The van der Waals surface area contributed by atoms with Crippen LogP contribution in [0.1, 0.15) is 27.2 Å². The number of hydrogen-bond acceptors (Lipinski definition) is 1. The van der Waals surface area contributed by atoms with Crippen LogP contribution in [0.3, 0.4) is 0 Å². The maximum atomic E-state index is 8.89. The van der Waals surface area contributed by atoms with E-state index in [9.17, 15) is 0 Å². The van der Waals surface area contributed by atoms with Gasteiger partial charge in [-0.25, -0.2) is 6.57 Å². The number of nitrogens with zero attached hydrogens (tertiary/aromatic N) is 1. The molecule has 0 aromatic heterocycles. The van der Waals surface area contributed by atoms with Gasteiger partial charge >= 0.3 is 0 Å². The lowest BCUT2D eigenvalue weighted by Crippen LogP contribution is -2.27. The molecule has 2 unspecified atom stereocenters. The van der Waals surface area contributed by atoms with Crippen molar-refractivity contribution in [1.29, 1.82) is 0 Å². The highest BCUT2D eigenvalue weighted by molar-refractivity contribution is 5.23. The van der Waals surface area contributed by atoms with Crippen molar-refractivity contribution < 1.29 is 5.11 Å². The van der Waals surface area contributed by atoms with Crippen LogP contribution in [0.25, 0.3) is 4.85 Å². The zero-order valence-electron chi connectivity index (χ0n) is 7.39. The second-order valence-electron chi connectivity index (χ2n) is 4.37. The fourth-order valence-electron chi connectivity index (χ4n) is 1.76. The summed E-state index contributed by atoms with van der Waals surface area (Å²) < 4.78 is 0. The molecule has 1 fully saturated rings. The molecule has 0 aromatic carbocycles. The van der Waals surface area contributed by atoms with Crippen molar-refractivity contribution in [2.75, 3.05) is 6.61 Å². The Bertz CT molecular complexity index is 199. The Morgan fingerprint density at radius 3 is 2.27 bits per heavy atom. The molecule has 0 heterocycles. The van der Waals surface area contributed by atoms with Crippen LogP contribution >= 0.6 is 0 Å². The molecule has 11 heavy (non-hydrogen) atoms. The van der Waals surface area contributed by atoms with Gasteiger partial charge < -0.3 is 9.95 Å². The van der Waals surface area contributed by atoms with E-state index in [1.54, 1.807) is 0 Å². The summed E-state index contributed by atoms with van der Waals surface area (Å²) in [5.41, 5.74) is -0.246. The summed E-state index contributed by atoms with van der Waals surface area (Å²) in [5.74, 6) is 0.222. The molecule has 1 aliphatic rings.